The minimum absolute atomic E-state index is 0.192. The highest BCUT2D eigenvalue weighted by molar-refractivity contribution is 5.93. The first kappa shape index (κ1) is 12.5. The molecule has 0 radical (unpaired) electrons. The lowest BCUT2D eigenvalue weighted by Gasteiger charge is -2.05. The van der Waals surface area contributed by atoms with Gasteiger partial charge in [0.2, 0.25) is 11.2 Å². The summed E-state index contributed by atoms with van der Waals surface area (Å²) < 4.78 is 5.23. The van der Waals surface area contributed by atoms with Crippen LogP contribution in [0, 0.1) is 5.39 Å². The summed E-state index contributed by atoms with van der Waals surface area (Å²) in [6.45, 7) is 0. The van der Waals surface area contributed by atoms with Gasteiger partial charge in [-0.1, -0.05) is 48.5 Å². The first-order valence-electron chi connectivity index (χ1n) is 5.68. The van der Waals surface area contributed by atoms with Crippen LogP contribution in [0.15, 0.2) is 66.9 Å². The van der Waals surface area contributed by atoms with Crippen LogP contribution in [-0.4, -0.2) is 5.97 Å². The van der Waals surface area contributed by atoms with Crippen LogP contribution in [-0.2, 0) is 4.74 Å². The summed E-state index contributed by atoms with van der Waals surface area (Å²) in [5.74, 6) is -0.309. The van der Waals surface area contributed by atoms with Crippen LogP contribution in [0.5, 0.6) is 0 Å². The Balaban J connectivity index is 2.22. The number of nitrogens with zero attached hydrogens (tertiary/aromatic N) is 2. The van der Waals surface area contributed by atoms with Crippen LogP contribution < -0.4 is 0 Å². The molecule has 0 aliphatic heterocycles. The van der Waals surface area contributed by atoms with Crippen LogP contribution >= 0.6 is 0 Å². The number of esters is 1. The van der Waals surface area contributed by atoms with Gasteiger partial charge < -0.3 is 4.74 Å². The van der Waals surface area contributed by atoms with E-state index >= 15 is 0 Å². The average Bonchev–Trinajstić information content (AvgIpc) is 2.48. The fourth-order valence-corrected chi connectivity index (χ4v) is 1.55. The van der Waals surface area contributed by atoms with E-state index in [4.69, 9.17) is 10.1 Å². The van der Waals surface area contributed by atoms with E-state index in [0.717, 1.165) is 6.20 Å². The fourth-order valence-electron chi connectivity index (χ4n) is 1.55. The molecule has 0 atom stereocenters. The van der Waals surface area contributed by atoms with Gasteiger partial charge in [0.05, 0.1) is 5.56 Å². The lowest BCUT2D eigenvalue weighted by molar-refractivity contribution is 0.0692. The van der Waals surface area contributed by atoms with Crippen molar-refractivity contribution in [2.45, 2.75) is 0 Å². The zero-order chi connectivity index (χ0) is 13.5. The van der Waals surface area contributed by atoms with Gasteiger partial charge in [0, 0.05) is 5.56 Å². The molecule has 0 saturated carbocycles. The smallest absolute Gasteiger partial charge is 0.393 e. The molecule has 4 heteroatoms. The minimum Gasteiger partial charge on any atom is -0.414 e. The Kier molecular flexibility index (Phi) is 4.04. The van der Waals surface area contributed by atoms with E-state index in [1.165, 1.54) is 0 Å². The molecule has 19 heavy (non-hydrogen) atoms. The molecule has 0 aliphatic carbocycles. The highest BCUT2D eigenvalue weighted by Gasteiger charge is 2.14. The third-order valence-corrected chi connectivity index (χ3v) is 2.45. The SMILES string of the molecule is N#[N+]/C=C(\OC(=O)c1ccccc1)c1ccccc1. The molecule has 0 amide bonds. The number of benzene rings is 2. The maximum absolute atomic E-state index is 11.9. The van der Waals surface area contributed by atoms with Gasteiger partial charge >= 0.3 is 12.2 Å². The summed E-state index contributed by atoms with van der Waals surface area (Å²) in [6, 6.07) is 17.6. The predicted octanol–water partition coefficient (Wildman–Crippen LogP) is 3.70. The quantitative estimate of drug-likeness (QED) is 0.475. The zero-order valence-electron chi connectivity index (χ0n) is 10.1. The number of hydrogen-bond donors (Lipinski definition) is 0. The Morgan fingerprint density at radius 2 is 1.47 bits per heavy atom. The molecule has 2 aromatic rings. The molecule has 0 fully saturated rings. The Morgan fingerprint density at radius 1 is 0.947 bits per heavy atom. The molecule has 92 valence electrons. The fraction of sp³-hybridized carbons (Fsp3) is 0. The number of carbonyl (C=O) groups excluding carboxylic acids is 1. The second-order valence-electron chi connectivity index (χ2n) is 3.73. The Labute approximate surface area is 110 Å². The Hall–Kier alpha value is -2.93. The highest BCUT2D eigenvalue weighted by atomic mass is 16.5. The van der Waals surface area contributed by atoms with Crippen LogP contribution in [0.2, 0.25) is 0 Å². The first-order valence-corrected chi connectivity index (χ1v) is 5.68. The number of rotatable bonds is 3. The summed E-state index contributed by atoms with van der Waals surface area (Å²) in [6.07, 6.45) is 1.09. The molecular weight excluding hydrogens is 240 g/mol. The second-order valence-corrected chi connectivity index (χ2v) is 3.73. The summed E-state index contributed by atoms with van der Waals surface area (Å²) in [4.78, 5) is 14.8. The van der Waals surface area contributed by atoms with Crippen molar-refractivity contribution < 1.29 is 9.53 Å². The predicted molar refractivity (Wildman–Crippen MR) is 71.4 cm³/mol. The molecule has 2 aromatic carbocycles. The Bertz CT molecular complexity index is 628. The lowest BCUT2D eigenvalue weighted by Crippen LogP contribution is -2.04. The normalized spacial score (nSPS) is 10.6. The van der Waals surface area contributed by atoms with Crippen molar-refractivity contribution in [2.24, 2.45) is 0 Å². The van der Waals surface area contributed by atoms with E-state index in [0.29, 0.717) is 11.1 Å². The van der Waals surface area contributed by atoms with Crippen molar-refractivity contribution in [2.75, 3.05) is 0 Å². The number of hydrogen-bond acceptors (Lipinski definition) is 3. The third-order valence-electron chi connectivity index (χ3n) is 2.45. The van der Waals surface area contributed by atoms with Crippen LogP contribution in [0.3, 0.4) is 0 Å². The lowest BCUT2D eigenvalue weighted by atomic mass is 10.2. The summed E-state index contributed by atoms with van der Waals surface area (Å²) in [5, 5.41) is 8.64. The van der Waals surface area contributed by atoms with Gasteiger partial charge in [0.1, 0.15) is 0 Å². The standard InChI is InChI=1S/C15H11N2O2/c16-17-11-14(12-7-3-1-4-8-12)19-15(18)13-9-5-2-6-10-13/h1-11H/q+1/b14-11-. The van der Waals surface area contributed by atoms with E-state index in [1.54, 1.807) is 48.5 Å². The van der Waals surface area contributed by atoms with E-state index < -0.39 is 5.97 Å². The topological polar surface area (TPSA) is 54.4 Å². The molecule has 0 N–H and O–H groups in total. The van der Waals surface area contributed by atoms with Gasteiger partial charge in [-0.15, -0.1) is 0 Å². The highest BCUT2D eigenvalue weighted by Crippen LogP contribution is 2.17. The van der Waals surface area contributed by atoms with E-state index in [-0.39, 0.29) is 5.76 Å². The zero-order valence-corrected chi connectivity index (χ0v) is 10.1. The van der Waals surface area contributed by atoms with E-state index in [9.17, 15) is 4.79 Å². The number of ether oxygens (including phenoxy) is 1. The molecule has 4 nitrogen and oxygen atoms in total. The molecule has 0 aliphatic rings. The molecule has 0 bridgehead atoms. The summed E-state index contributed by atoms with van der Waals surface area (Å²) in [5.41, 5.74) is 1.09. The van der Waals surface area contributed by atoms with Gasteiger partial charge in [-0.3, -0.25) is 0 Å². The van der Waals surface area contributed by atoms with Gasteiger partial charge in [-0.05, 0) is 12.1 Å². The van der Waals surface area contributed by atoms with Crippen molar-refractivity contribution >= 4 is 11.7 Å². The van der Waals surface area contributed by atoms with Crippen molar-refractivity contribution in [3.8, 4) is 0 Å². The van der Waals surface area contributed by atoms with Crippen LogP contribution in [0.4, 0.5) is 0 Å². The number of diazo groups is 1. The summed E-state index contributed by atoms with van der Waals surface area (Å²) >= 11 is 0. The third kappa shape index (κ3) is 3.27. The van der Waals surface area contributed by atoms with Gasteiger partial charge in [0.15, 0.2) is 4.98 Å². The largest absolute Gasteiger partial charge is 0.414 e. The maximum atomic E-state index is 11.9. The number of carbonyl (C=O) groups is 1. The maximum Gasteiger partial charge on any atom is 0.393 e. The Morgan fingerprint density at radius 3 is 2.00 bits per heavy atom. The van der Waals surface area contributed by atoms with Crippen molar-refractivity contribution in [1.82, 2.24) is 0 Å². The first-order chi connectivity index (χ1) is 9.31. The van der Waals surface area contributed by atoms with Crippen LogP contribution in [0.25, 0.3) is 10.7 Å². The van der Waals surface area contributed by atoms with Crippen molar-refractivity contribution in [3.05, 3.63) is 83.0 Å². The molecule has 0 heterocycles. The van der Waals surface area contributed by atoms with E-state index in [1.807, 2.05) is 12.1 Å². The molecule has 0 spiro atoms. The molecule has 0 unspecified atom stereocenters. The average molecular weight is 251 g/mol. The molecule has 0 aromatic heterocycles. The van der Waals surface area contributed by atoms with Gasteiger partial charge in [-0.25, -0.2) is 4.79 Å². The van der Waals surface area contributed by atoms with Crippen molar-refractivity contribution in [1.29, 1.82) is 5.39 Å². The summed E-state index contributed by atoms with van der Waals surface area (Å²) in [7, 11) is 0. The minimum atomic E-state index is -0.501. The molecule has 0 saturated heterocycles. The molecular formula is C15H11N2O2+. The van der Waals surface area contributed by atoms with Crippen molar-refractivity contribution in [3.63, 3.8) is 0 Å². The second kappa shape index (κ2) is 6.12. The van der Waals surface area contributed by atoms with Gasteiger partial charge in [0.25, 0.3) is 0 Å². The monoisotopic (exact) mass is 251 g/mol. The van der Waals surface area contributed by atoms with E-state index in [2.05, 4.69) is 4.98 Å². The van der Waals surface area contributed by atoms with Gasteiger partial charge in [-0.2, -0.15) is 0 Å². The molecule has 2 rings (SSSR count). The van der Waals surface area contributed by atoms with Crippen LogP contribution in [0.1, 0.15) is 15.9 Å².